The molecular formula is C15H21NO5S. The SMILES string of the molecule is Cc1ccc(S(=O)(=O)NCC[C@@H]2OC(C)(C)OCC2=O)cc1. The lowest BCUT2D eigenvalue weighted by Gasteiger charge is -2.34. The van der Waals surface area contributed by atoms with Crippen molar-refractivity contribution in [1.82, 2.24) is 4.72 Å². The van der Waals surface area contributed by atoms with Crippen LogP contribution >= 0.6 is 0 Å². The van der Waals surface area contributed by atoms with Crippen molar-refractivity contribution < 1.29 is 22.7 Å². The van der Waals surface area contributed by atoms with E-state index in [2.05, 4.69) is 4.72 Å². The molecule has 0 saturated carbocycles. The van der Waals surface area contributed by atoms with Crippen molar-refractivity contribution in [3.05, 3.63) is 29.8 Å². The number of rotatable bonds is 5. The molecule has 6 nitrogen and oxygen atoms in total. The van der Waals surface area contributed by atoms with E-state index in [0.717, 1.165) is 5.56 Å². The number of hydrogen-bond acceptors (Lipinski definition) is 5. The summed E-state index contributed by atoms with van der Waals surface area (Å²) in [6.45, 7) is 5.45. The molecular weight excluding hydrogens is 306 g/mol. The van der Waals surface area contributed by atoms with Gasteiger partial charge in [-0.05, 0) is 39.3 Å². The Kier molecular flexibility index (Phi) is 5.01. The first-order valence-corrected chi connectivity index (χ1v) is 8.59. The maximum Gasteiger partial charge on any atom is 0.240 e. The standard InChI is InChI=1S/C15H21NO5S/c1-11-4-6-12(7-5-11)22(18,19)16-9-8-14-13(17)10-20-15(2,3)21-14/h4-7,14,16H,8-10H2,1-3H3/t14-/m0/s1. The summed E-state index contributed by atoms with van der Waals surface area (Å²) in [7, 11) is -3.57. The highest BCUT2D eigenvalue weighted by molar-refractivity contribution is 7.89. The van der Waals surface area contributed by atoms with Gasteiger partial charge < -0.3 is 9.47 Å². The van der Waals surface area contributed by atoms with Gasteiger partial charge >= 0.3 is 0 Å². The molecule has 0 aliphatic carbocycles. The molecule has 0 unspecified atom stereocenters. The lowest BCUT2D eigenvalue weighted by Crippen LogP contribution is -2.47. The largest absolute Gasteiger partial charge is 0.343 e. The Morgan fingerprint density at radius 1 is 1.27 bits per heavy atom. The summed E-state index contributed by atoms with van der Waals surface area (Å²) in [5.74, 6) is -0.997. The molecule has 1 aromatic carbocycles. The molecule has 0 bridgehead atoms. The fourth-order valence-electron chi connectivity index (χ4n) is 2.13. The Morgan fingerprint density at radius 3 is 2.55 bits per heavy atom. The molecule has 0 radical (unpaired) electrons. The Labute approximate surface area is 130 Å². The number of nitrogens with one attached hydrogen (secondary N) is 1. The quantitative estimate of drug-likeness (QED) is 0.883. The van der Waals surface area contributed by atoms with Gasteiger partial charge in [0.05, 0.1) is 4.90 Å². The first-order chi connectivity index (χ1) is 10.2. The second kappa shape index (κ2) is 6.45. The van der Waals surface area contributed by atoms with Gasteiger partial charge in [0, 0.05) is 6.54 Å². The lowest BCUT2D eigenvalue weighted by molar-refractivity contribution is -0.258. The minimum Gasteiger partial charge on any atom is -0.343 e. The van der Waals surface area contributed by atoms with Crippen molar-refractivity contribution in [1.29, 1.82) is 0 Å². The highest BCUT2D eigenvalue weighted by Gasteiger charge is 2.35. The van der Waals surface area contributed by atoms with E-state index < -0.39 is 21.9 Å². The Hall–Kier alpha value is -1.28. The number of sulfonamides is 1. The molecule has 2 rings (SSSR count). The van der Waals surface area contributed by atoms with Crippen LogP contribution in [0.25, 0.3) is 0 Å². The van der Waals surface area contributed by atoms with Crippen molar-refractivity contribution >= 4 is 15.8 Å². The van der Waals surface area contributed by atoms with Gasteiger partial charge in [-0.2, -0.15) is 0 Å². The van der Waals surface area contributed by atoms with Crippen LogP contribution in [0.1, 0.15) is 25.8 Å². The molecule has 1 aromatic rings. The van der Waals surface area contributed by atoms with Crippen LogP contribution in [0.15, 0.2) is 29.2 Å². The van der Waals surface area contributed by atoms with Gasteiger partial charge in [-0.15, -0.1) is 0 Å². The van der Waals surface area contributed by atoms with Crippen molar-refractivity contribution in [2.75, 3.05) is 13.2 Å². The second-order valence-corrected chi connectivity index (χ2v) is 7.53. The van der Waals surface area contributed by atoms with Gasteiger partial charge in [-0.3, -0.25) is 4.79 Å². The number of carbonyl (C=O) groups is 1. The van der Waals surface area contributed by atoms with Crippen LogP contribution in [0.3, 0.4) is 0 Å². The Bertz CT molecular complexity index is 636. The van der Waals surface area contributed by atoms with E-state index in [1.807, 2.05) is 6.92 Å². The van der Waals surface area contributed by atoms with E-state index in [1.54, 1.807) is 38.1 Å². The number of hydrogen-bond donors (Lipinski definition) is 1. The number of carbonyl (C=O) groups excluding carboxylic acids is 1. The van der Waals surface area contributed by atoms with E-state index >= 15 is 0 Å². The predicted molar refractivity (Wildman–Crippen MR) is 80.9 cm³/mol. The monoisotopic (exact) mass is 327 g/mol. The van der Waals surface area contributed by atoms with Gasteiger partial charge in [-0.1, -0.05) is 17.7 Å². The fraction of sp³-hybridized carbons (Fsp3) is 0.533. The molecule has 1 atom stereocenters. The van der Waals surface area contributed by atoms with E-state index in [9.17, 15) is 13.2 Å². The Balaban J connectivity index is 1.92. The molecule has 1 aliphatic heterocycles. The minimum absolute atomic E-state index is 0.0115. The zero-order chi connectivity index (χ0) is 16.4. The average molecular weight is 327 g/mol. The van der Waals surface area contributed by atoms with Crippen molar-refractivity contribution in [3.63, 3.8) is 0 Å². The third-order valence-electron chi connectivity index (χ3n) is 3.38. The molecule has 7 heteroatoms. The molecule has 0 aromatic heterocycles. The maximum absolute atomic E-state index is 12.1. The van der Waals surface area contributed by atoms with Crippen molar-refractivity contribution in [2.45, 2.75) is 44.0 Å². The molecule has 1 N–H and O–H groups in total. The number of ketones is 1. The summed E-state index contributed by atoms with van der Waals surface area (Å²) >= 11 is 0. The predicted octanol–water partition coefficient (Wildman–Crippen LogP) is 1.38. The zero-order valence-electron chi connectivity index (χ0n) is 13.0. The maximum atomic E-state index is 12.1. The first-order valence-electron chi connectivity index (χ1n) is 7.10. The smallest absolute Gasteiger partial charge is 0.240 e. The lowest BCUT2D eigenvalue weighted by atomic mass is 10.1. The first kappa shape index (κ1) is 17.1. The molecule has 1 saturated heterocycles. The summed E-state index contributed by atoms with van der Waals surface area (Å²) < 4.78 is 37.5. The summed E-state index contributed by atoms with van der Waals surface area (Å²) in [4.78, 5) is 11.9. The van der Waals surface area contributed by atoms with E-state index in [1.165, 1.54) is 0 Å². The van der Waals surface area contributed by atoms with E-state index in [0.29, 0.717) is 0 Å². The summed E-state index contributed by atoms with van der Waals surface area (Å²) in [6, 6.07) is 6.58. The fourth-order valence-corrected chi connectivity index (χ4v) is 3.17. The molecule has 122 valence electrons. The van der Waals surface area contributed by atoms with Gasteiger partial charge in [-0.25, -0.2) is 13.1 Å². The number of Topliss-reactive ketones (excluding diaryl/α,β-unsaturated/α-hetero) is 1. The summed E-state index contributed by atoms with van der Waals surface area (Å²) in [6.07, 6.45) is -0.374. The third-order valence-corrected chi connectivity index (χ3v) is 4.85. The molecule has 0 spiro atoms. The Morgan fingerprint density at radius 2 is 1.91 bits per heavy atom. The summed E-state index contributed by atoms with van der Waals surface area (Å²) in [5, 5.41) is 0. The normalized spacial score (nSPS) is 21.8. The van der Waals surface area contributed by atoms with Gasteiger partial charge in [0.15, 0.2) is 11.6 Å². The van der Waals surface area contributed by atoms with Crippen LogP contribution in [0.4, 0.5) is 0 Å². The third kappa shape index (κ3) is 4.36. The molecule has 0 amide bonds. The van der Waals surface area contributed by atoms with Gasteiger partial charge in [0.25, 0.3) is 0 Å². The molecule has 1 fully saturated rings. The zero-order valence-corrected chi connectivity index (χ0v) is 13.8. The molecule has 22 heavy (non-hydrogen) atoms. The summed E-state index contributed by atoms with van der Waals surface area (Å²) in [5.41, 5.74) is 0.988. The van der Waals surface area contributed by atoms with Gasteiger partial charge in [0.1, 0.15) is 12.7 Å². The van der Waals surface area contributed by atoms with Crippen molar-refractivity contribution in [2.24, 2.45) is 0 Å². The van der Waals surface area contributed by atoms with Crippen LogP contribution in [-0.2, 0) is 24.3 Å². The topological polar surface area (TPSA) is 81.7 Å². The van der Waals surface area contributed by atoms with E-state index in [-0.39, 0.29) is 30.3 Å². The van der Waals surface area contributed by atoms with Crippen LogP contribution in [0, 0.1) is 6.92 Å². The highest BCUT2D eigenvalue weighted by Crippen LogP contribution is 2.21. The molecule has 1 heterocycles. The molecule has 1 aliphatic rings. The van der Waals surface area contributed by atoms with Crippen LogP contribution in [0.2, 0.25) is 0 Å². The number of benzene rings is 1. The van der Waals surface area contributed by atoms with Crippen LogP contribution in [-0.4, -0.2) is 39.2 Å². The second-order valence-electron chi connectivity index (χ2n) is 5.76. The van der Waals surface area contributed by atoms with E-state index in [4.69, 9.17) is 9.47 Å². The number of ether oxygens (including phenoxy) is 2. The highest BCUT2D eigenvalue weighted by atomic mass is 32.2. The van der Waals surface area contributed by atoms with Crippen LogP contribution < -0.4 is 4.72 Å². The minimum atomic E-state index is -3.57. The van der Waals surface area contributed by atoms with Gasteiger partial charge in [0.2, 0.25) is 10.0 Å². The average Bonchev–Trinajstić information content (AvgIpc) is 2.43. The van der Waals surface area contributed by atoms with Crippen molar-refractivity contribution in [3.8, 4) is 0 Å². The number of aryl methyl sites for hydroxylation is 1. The van der Waals surface area contributed by atoms with Crippen LogP contribution in [0.5, 0.6) is 0 Å².